The van der Waals surface area contributed by atoms with Gasteiger partial charge in [-0.05, 0) is 37.0 Å². The molecule has 1 aliphatic rings. The number of amides is 1. The Bertz CT molecular complexity index is 650. The predicted octanol–water partition coefficient (Wildman–Crippen LogP) is 3.85. The molecule has 0 unspecified atom stereocenters. The van der Waals surface area contributed by atoms with Gasteiger partial charge < -0.3 is 5.32 Å². The maximum Gasteiger partial charge on any atom is 0.255 e. The molecule has 4 nitrogen and oxygen atoms in total. The Balaban J connectivity index is 1.68. The molecule has 104 valence electrons. The Labute approximate surface area is 126 Å². The van der Waals surface area contributed by atoms with E-state index in [1.807, 2.05) is 10.9 Å². The Morgan fingerprint density at radius 1 is 1.35 bits per heavy atom. The van der Waals surface area contributed by atoms with Crippen LogP contribution in [-0.4, -0.2) is 15.7 Å². The minimum absolute atomic E-state index is 0.227. The smallest absolute Gasteiger partial charge is 0.255 e. The third-order valence-corrected chi connectivity index (χ3v) is 3.95. The number of hydrogen-bond acceptors (Lipinski definition) is 2. The Morgan fingerprint density at radius 2 is 2.15 bits per heavy atom. The molecule has 1 saturated carbocycles. The van der Waals surface area contributed by atoms with Gasteiger partial charge in [0.25, 0.3) is 5.91 Å². The summed E-state index contributed by atoms with van der Waals surface area (Å²) in [5.74, 6) is 0.517. The molecule has 2 aromatic rings. The highest BCUT2D eigenvalue weighted by Crippen LogP contribution is 2.30. The second kappa shape index (κ2) is 5.46. The Kier molecular flexibility index (Phi) is 3.68. The zero-order chi connectivity index (χ0) is 14.1. The normalized spacial score (nSPS) is 14.3. The molecular formula is C14H13Cl2N3O. The SMILES string of the molecule is O=C(Nc1cnn(CC2CC2)c1)c1ccc(Cl)c(Cl)c1. The van der Waals surface area contributed by atoms with E-state index in [1.54, 1.807) is 24.4 Å². The van der Waals surface area contributed by atoms with Crippen molar-refractivity contribution in [1.29, 1.82) is 0 Å². The molecule has 1 aliphatic carbocycles. The molecule has 1 fully saturated rings. The summed E-state index contributed by atoms with van der Waals surface area (Å²) in [5, 5.41) is 7.82. The molecule has 3 rings (SSSR count). The summed E-state index contributed by atoms with van der Waals surface area (Å²) < 4.78 is 1.86. The lowest BCUT2D eigenvalue weighted by molar-refractivity contribution is 0.102. The lowest BCUT2D eigenvalue weighted by Gasteiger charge is -2.03. The molecule has 1 heterocycles. The van der Waals surface area contributed by atoms with Crippen LogP contribution in [0, 0.1) is 5.92 Å². The first-order chi connectivity index (χ1) is 9.61. The quantitative estimate of drug-likeness (QED) is 0.932. The van der Waals surface area contributed by atoms with Crippen molar-refractivity contribution in [2.24, 2.45) is 5.92 Å². The molecule has 20 heavy (non-hydrogen) atoms. The van der Waals surface area contributed by atoms with E-state index in [2.05, 4.69) is 10.4 Å². The molecule has 0 radical (unpaired) electrons. The highest BCUT2D eigenvalue weighted by Gasteiger charge is 2.22. The largest absolute Gasteiger partial charge is 0.319 e. The van der Waals surface area contributed by atoms with E-state index in [4.69, 9.17) is 23.2 Å². The van der Waals surface area contributed by atoms with Gasteiger partial charge in [-0.3, -0.25) is 9.48 Å². The van der Waals surface area contributed by atoms with Crippen molar-refractivity contribution in [2.75, 3.05) is 5.32 Å². The summed E-state index contributed by atoms with van der Waals surface area (Å²) in [6, 6.07) is 4.79. The fourth-order valence-corrected chi connectivity index (χ4v) is 2.23. The van der Waals surface area contributed by atoms with Crippen LogP contribution in [0.15, 0.2) is 30.6 Å². The molecule has 0 saturated heterocycles. The van der Waals surface area contributed by atoms with E-state index in [1.165, 1.54) is 12.8 Å². The van der Waals surface area contributed by atoms with Crippen LogP contribution in [0.3, 0.4) is 0 Å². The van der Waals surface area contributed by atoms with Crippen LogP contribution in [0.2, 0.25) is 10.0 Å². The number of carbonyl (C=O) groups is 1. The van der Waals surface area contributed by atoms with Crippen LogP contribution >= 0.6 is 23.2 Å². The van der Waals surface area contributed by atoms with Gasteiger partial charge in [-0.15, -0.1) is 0 Å². The van der Waals surface area contributed by atoms with Crippen LogP contribution in [0.25, 0.3) is 0 Å². The van der Waals surface area contributed by atoms with Crippen molar-refractivity contribution < 1.29 is 4.79 Å². The summed E-state index contributed by atoms with van der Waals surface area (Å²) in [5.41, 5.74) is 1.15. The summed E-state index contributed by atoms with van der Waals surface area (Å²) in [7, 11) is 0. The van der Waals surface area contributed by atoms with Gasteiger partial charge in [-0.25, -0.2) is 0 Å². The summed E-state index contributed by atoms with van der Waals surface area (Å²) in [6.45, 7) is 0.919. The summed E-state index contributed by atoms with van der Waals surface area (Å²) >= 11 is 11.7. The standard InChI is InChI=1S/C14H13Cl2N3O/c15-12-4-3-10(5-13(12)16)14(20)18-11-6-17-19(8-11)7-9-1-2-9/h3-6,8-9H,1-2,7H2,(H,18,20). The highest BCUT2D eigenvalue weighted by atomic mass is 35.5. The Hall–Kier alpha value is -1.52. The van der Waals surface area contributed by atoms with Gasteiger partial charge in [0.2, 0.25) is 0 Å². The minimum atomic E-state index is -0.227. The number of benzene rings is 1. The maximum absolute atomic E-state index is 12.1. The summed E-state index contributed by atoms with van der Waals surface area (Å²) in [6.07, 6.45) is 6.03. The van der Waals surface area contributed by atoms with Gasteiger partial charge in [0.1, 0.15) is 0 Å². The van der Waals surface area contributed by atoms with E-state index in [9.17, 15) is 4.79 Å². The zero-order valence-electron chi connectivity index (χ0n) is 10.6. The number of halogens is 2. The number of anilines is 1. The van der Waals surface area contributed by atoms with Crippen molar-refractivity contribution in [3.63, 3.8) is 0 Å². The molecule has 0 bridgehead atoms. The van der Waals surface area contributed by atoms with E-state index >= 15 is 0 Å². The lowest BCUT2D eigenvalue weighted by atomic mass is 10.2. The van der Waals surface area contributed by atoms with Crippen LogP contribution in [0.5, 0.6) is 0 Å². The van der Waals surface area contributed by atoms with Gasteiger partial charge in [-0.1, -0.05) is 23.2 Å². The molecule has 1 aromatic heterocycles. The average Bonchev–Trinajstić information content (AvgIpc) is 3.12. The number of hydrogen-bond donors (Lipinski definition) is 1. The first kappa shape index (κ1) is 13.5. The fourth-order valence-electron chi connectivity index (χ4n) is 1.93. The first-order valence-electron chi connectivity index (χ1n) is 6.40. The zero-order valence-corrected chi connectivity index (χ0v) is 12.2. The van der Waals surface area contributed by atoms with Crippen molar-refractivity contribution in [3.8, 4) is 0 Å². The second-order valence-corrected chi connectivity index (χ2v) is 5.79. The van der Waals surface area contributed by atoms with Crippen LogP contribution in [-0.2, 0) is 6.54 Å². The number of nitrogens with zero attached hydrogens (tertiary/aromatic N) is 2. The predicted molar refractivity (Wildman–Crippen MR) is 79.4 cm³/mol. The van der Waals surface area contributed by atoms with Gasteiger partial charge in [0.05, 0.1) is 21.9 Å². The van der Waals surface area contributed by atoms with Crippen LogP contribution in [0.1, 0.15) is 23.2 Å². The Morgan fingerprint density at radius 3 is 2.85 bits per heavy atom. The highest BCUT2D eigenvalue weighted by molar-refractivity contribution is 6.42. The molecule has 1 aromatic carbocycles. The fraction of sp³-hybridized carbons (Fsp3) is 0.286. The number of nitrogens with one attached hydrogen (secondary N) is 1. The summed E-state index contributed by atoms with van der Waals surface area (Å²) in [4.78, 5) is 12.1. The van der Waals surface area contributed by atoms with Crippen LogP contribution in [0.4, 0.5) is 5.69 Å². The molecule has 0 aliphatic heterocycles. The van der Waals surface area contributed by atoms with Crippen LogP contribution < -0.4 is 5.32 Å². The lowest BCUT2D eigenvalue weighted by Crippen LogP contribution is -2.11. The van der Waals surface area contributed by atoms with E-state index in [0.29, 0.717) is 21.3 Å². The molecular weight excluding hydrogens is 297 g/mol. The van der Waals surface area contributed by atoms with Crippen molar-refractivity contribution in [1.82, 2.24) is 9.78 Å². The van der Waals surface area contributed by atoms with Gasteiger partial charge >= 0.3 is 0 Å². The molecule has 1 amide bonds. The van der Waals surface area contributed by atoms with E-state index in [-0.39, 0.29) is 5.91 Å². The average molecular weight is 310 g/mol. The molecule has 1 N–H and O–H groups in total. The number of rotatable bonds is 4. The topological polar surface area (TPSA) is 46.9 Å². The number of carbonyl (C=O) groups excluding carboxylic acids is 1. The van der Waals surface area contributed by atoms with Gasteiger partial charge in [0.15, 0.2) is 0 Å². The maximum atomic E-state index is 12.1. The van der Waals surface area contributed by atoms with E-state index in [0.717, 1.165) is 12.5 Å². The third kappa shape index (κ3) is 3.14. The molecule has 0 atom stereocenters. The third-order valence-electron chi connectivity index (χ3n) is 3.22. The van der Waals surface area contributed by atoms with Gasteiger partial charge in [0, 0.05) is 18.3 Å². The van der Waals surface area contributed by atoms with Crippen molar-refractivity contribution in [2.45, 2.75) is 19.4 Å². The second-order valence-electron chi connectivity index (χ2n) is 4.98. The molecule has 0 spiro atoms. The first-order valence-corrected chi connectivity index (χ1v) is 7.16. The van der Waals surface area contributed by atoms with Crippen molar-refractivity contribution in [3.05, 3.63) is 46.2 Å². The van der Waals surface area contributed by atoms with Gasteiger partial charge in [-0.2, -0.15) is 5.10 Å². The van der Waals surface area contributed by atoms with Crippen molar-refractivity contribution >= 4 is 34.8 Å². The molecule has 6 heteroatoms. The van der Waals surface area contributed by atoms with E-state index < -0.39 is 0 Å². The monoisotopic (exact) mass is 309 g/mol. The minimum Gasteiger partial charge on any atom is -0.319 e. The number of aromatic nitrogens is 2.